The summed E-state index contributed by atoms with van der Waals surface area (Å²) >= 11 is 0. The third-order valence-electron chi connectivity index (χ3n) is 2.92. The molecule has 0 radical (unpaired) electrons. The maximum absolute atomic E-state index is 5.46. The summed E-state index contributed by atoms with van der Waals surface area (Å²) in [5.41, 5.74) is 2.39. The van der Waals surface area contributed by atoms with E-state index in [1.807, 2.05) is 6.92 Å². The van der Waals surface area contributed by atoms with Gasteiger partial charge in [0.25, 0.3) is 0 Å². The highest BCUT2D eigenvalue weighted by Crippen LogP contribution is 2.16. The van der Waals surface area contributed by atoms with Gasteiger partial charge in [0.15, 0.2) is 0 Å². The Hall–Kier alpha value is -1.53. The molecule has 110 valence electrons. The molecule has 1 rings (SSSR count). The lowest BCUT2D eigenvalue weighted by Gasteiger charge is -2.23. The van der Waals surface area contributed by atoms with Crippen LogP contribution in [0.3, 0.4) is 0 Å². The summed E-state index contributed by atoms with van der Waals surface area (Å²) in [4.78, 5) is 6.78. The van der Waals surface area contributed by atoms with Gasteiger partial charge < -0.3 is 10.2 Å². The molecule has 0 aliphatic carbocycles. The topological polar surface area (TPSA) is 28.2 Å². The first kappa shape index (κ1) is 16.5. The molecule has 3 heteroatoms. The number of hydrogen-bond donors (Lipinski definition) is 1. The number of hydrogen-bond acceptors (Lipinski definition) is 3. The Kier molecular flexibility index (Phi) is 6.04. The van der Waals surface area contributed by atoms with E-state index in [1.165, 1.54) is 5.56 Å². The van der Waals surface area contributed by atoms with Crippen LogP contribution in [0, 0.1) is 19.3 Å². The summed E-state index contributed by atoms with van der Waals surface area (Å²) in [6.07, 6.45) is 6.52. The summed E-state index contributed by atoms with van der Waals surface area (Å²) in [7, 11) is 0. The summed E-state index contributed by atoms with van der Waals surface area (Å²) in [6, 6.07) is 4.26. The molecule has 0 spiro atoms. The van der Waals surface area contributed by atoms with Crippen molar-refractivity contribution in [3.63, 3.8) is 0 Å². The zero-order valence-corrected chi connectivity index (χ0v) is 13.5. The van der Waals surface area contributed by atoms with Gasteiger partial charge in [0.05, 0.1) is 6.54 Å². The van der Waals surface area contributed by atoms with Gasteiger partial charge in [0.1, 0.15) is 5.82 Å². The van der Waals surface area contributed by atoms with Crippen LogP contribution in [0.2, 0.25) is 0 Å². The van der Waals surface area contributed by atoms with Crippen molar-refractivity contribution < 1.29 is 0 Å². The summed E-state index contributed by atoms with van der Waals surface area (Å²) < 4.78 is 0. The Bertz CT molecular complexity index is 466. The number of nitrogens with zero attached hydrogens (tertiary/aromatic N) is 2. The zero-order valence-electron chi connectivity index (χ0n) is 13.5. The van der Waals surface area contributed by atoms with Crippen LogP contribution in [-0.4, -0.2) is 23.6 Å². The van der Waals surface area contributed by atoms with Crippen LogP contribution < -0.4 is 10.2 Å². The molecule has 0 fully saturated rings. The van der Waals surface area contributed by atoms with Crippen molar-refractivity contribution in [3.8, 4) is 12.3 Å². The Morgan fingerprint density at radius 1 is 1.35 bits per heavy atom. The molecule has 1 heterocycles. The monoisotopic (exact) mass is 273 g/mol. The Balaban J connectivity index is 2.92. The van der Waals surface area contributed by atoms with E-state index < -0.39 is 0 Å². The number of rotatable bonds is 6. The Morgan fingerprint density at radius 3 is 2.60 bits per heavy atom. The van der Waals surface area contributed by atoms with Gasteiger partial charge in [-0.2, -0.15) is 0 Å². The second-order valence-electron chi connectivity index (χ2n) is 6.20. The highest BCUT2D eigenvalue weighted by atomic mass is 15.2. The van der Waals surface area contributed by atoms with Crippen LogP contribution in [0.15, 0.2) is 12.1 Å². The lowest BCUT2D eigenvalue weighted by atomic mass is 10.1. The minimum absolute atomic E-state index is 0.110. The lowest BCUT2D eigenvalue weighted by Crippen LogP contribution is -2.35. The van der Waals surface area contributed by atoms with Crippen LogP contribution in [0.25, 0.3) is 0 Å². The van der Waals surface area contributed by atoms with E-state index in [1.54, 1.807) is 0 Å². The van der Waals surface area contributed by atoms with Crippen LogP contribution in [-0.2, 0) is 6.54 Å². The summed E-state index contributed by atoms with van der Waals surface area (Å²) in [6.45, 7) is 13.1. The normalized spacial score (nSPS) is 11.2. The average molecular weight is 273 g/mol. The molecule has 20 heavy (non-hydrogen) atoms. The van der Waals surface area contributed by atoms with Crippen molar-refractivity contribution in [1.29, 1.82) is 0 Å². The van der Waals surface area contributed by atoms with E-state index in [-0.39, 0.29) is 5.54 Å². The molecule has 0 amide bonds. The molecule has 0 atom stereocenters. The maximum atomic E-state index is 5.46. The van der Waals surface area contributed by atoms with Crippen molar-refractivity contribution in [1.82, 2.24) is 10.3 Å². The quantitative estimate of drug-likeness (QED) is 0.807. The molecule has 0 unspecified atom stereocenters. The number of anilines is 1. The van der Waals surface area contributed by atoms with Gasteiger partial charge in [-0.1, -0.05) is 12.8 Å². The van der Waals surface area contributed by atoms with Gasteiger partial charge in [0, 0.05) is 24.3 Å². The van der Waals surface area contributed by atoms with E-state index in [2.05, 4.69) is 60.9 Å². The standard InChI is InChI=1S/C17H27N3/c1-7-9-20(10-8-2)16-12-15(11-14(3)19-16)13-18-17(4,5)6/h1,11-12,18H,8-10,13H2,2-6H3. The largest absolute Gasteiger partial charge is 0.345 e. The molecule has 1 N–H and O–H groups in total. The van der Waals surface area contributed by atoms with Crippen LogP contribution in [0.1, 0.15) is 45.4 Å². The van der Waals surface area contributed by atoms with Gasteiger partial charge in [-0.05, 0) is 51.8 Å². The first-order valence-corrected chi connectivity index (χ1v) is 7.26. The Labute approximate surface area is 123 Å². The summed E-state index contributed by atoms with van der Waals surface area (Å²) in [5.74, 6) is 3.70. The fourth-order valence-electron chi connectivity index (χ4n) is 2.01. The maximum Gasteiger partial charge on any atom is 0.129 e. The van der Waals surface area contributed by atoms with E-state index in [0.29, 0.717) is 6.54 Å². The minimum Gasteiger partial charge on any atom is -0.345 e. The molecule has 0 bridgehead atoms. The van der Waals surface area contributed by atoms with Crippen molar-refractivity contribution >= 4 is 5.82 Å². The van der Waals surface area contributed by atoms with Gasteiger partial charge >= 0.3 is 0 Å². The highest BCUT2D eigenvalue weighted by molar-refractivity contribution is 5.44. The fraction of sp³-hybridized carbons (Fsp3) is 0.588. The molecular formula is C17H27N3. The van der Waals surface area contributed by atoms with Crippen molar-refractivity contribution in [2.45, 2.75) is 53.1 Å². The van der Waals surface area contributed by atoms with Crippen molar-refractivity contribution in [2.24, 2.45) is 0 Å². The number of nitrogens with one attached hydrogen (secondary N) is 1. The highest BCUT2D eigenvalue weighted by Gasteiger charge is 2.11. The first-order valence-electron chi connectivity index (χ1n) is 7.26. The molecule has 0 aliphatic rings. The third-order valence-corrected chi connectivity index (χ3v) is 2.92. The predicted octanol–water partition coefficient (Wildman–Crippen LogP) is 3.13. The molecule has 0 saturated carbocycles. The van der Waals surface area contributed by atoms with Crippen LogP contribution in [0.5, 0.6) is 0 Å². The molecule has 1 aromatic heterocycles. The molecule has 0 aromatic carbocycles. The van der Waals surface area contributed by atoms with Gasteiger partial charge in [-0.15, -0.1) is 6.42 Å². The Morgan fingerprint density at radius 2 is 2.05 bits per heavy atom. The van der Waals surface area contributed by atoms with E-state index in [9.17, 15) is 0 Å². The molecule has 0 aliphatic heterocycles. The van der Waals surface area contributed by atoms with Crippen LogP contribution >= 0.6 is 0 Å². The smallest absolute Gasteiger partial charge is 0.129 e. The molecule has 3 nitrogen and oxygen atoms in total. The first-order chi connectivity index (χ1) is 9.35. The number of aromatic nitrogens is 1. The second-order valence-corrected chi connectivity index (χ2v) is 6.20. The molecule has 0 saturated heterocycles. The van der Waals surface area contributed by atoms with Crippen molar-refractivity contribution in [3.05, 3.63) is 23.4 Å². The van der Waals surface area contributed by atoms with E-state index in [0.717, 1.165) is 31.0 Å². The third kappa shape index (κ3) is 5.63. The predicted molar refractivity (Wildman–Crippen MR) is 86.9 cm³/mol. The van der Waals surface area contributed by atoms with Crippen molar-refractivity contribution in [2.75, 3.05) is 18.0 Å². The average Bonchev–Trinajstić information content (AvgIpc) is 2.35. The van der Waals surface area contributed by atoms with E-state index >= 15 is 0 Å². The fourth-order valence-corrected chi connectivity index (χ4v) is 2.01. The number of aryl methyl sites for hydroxylation is 1. The lowest BCUT2D eigenvalue weighted by molar-refractivity contribution is 0.424. The molecular weight excluding hydrogens is 246 g/mol. The van der Waals surface area contributed by atoms with E-state index in [4.69, 9.17) is 6.42 Å². The SMILES string of the molecule is C#CCN(CCC)c1cc(CNC(C)(C)C)cc(C)n1. The van der Waals surface area contributed by atoms with Gasteiger partial charge in [0.2, 0.25) is 0 Å². The zero-order chi connectivity index (χ0) is 15.2. The summed E-state index contributed by atoms with van der Waals surface area (Å²) in [5, 5.41) is 3.51. The molecule has 1 aromatic rings. The van der Waals surface area contributed by atoms with Gasteiger partial charge in [-0.25, -0.2) is 4.98 Å². The second kappa shape index (κ2) is 7.31. The minimum atomic E-state index is 0.110. The number of pyridine rings is 1. The number of terminal acetylenes is 1. The van der Waals surface area contributed by atoms with Crippen LogP contribution in [0.4, 0.5) is 5.82 Å². The van der Waals surface area contributed by atoms with Gasteiger partial charge in [-0.3, -0.25) is 0 Å².